The van der Waals surface area contributed by atoms with Gasteiger partial charge in [-0.15, -0.1) is 0 Å². The molecule has 0 saturated heterocycles. The number of aromatic nitrogens is 2. The lowest BCUT2D eigenvalue weighted by atomic mass is 9.99. The number of halogens is 2. The standard InChI is InChI=1S/C25H20Cl2N2O4/c1-31-23-8-4-16(10-24(23)32-2)19-12-28-14-29-25(19)18-6-5-17(11-22(18)30)33-13-15-3-7-20(26)21(27)9-15/h3-12,14,30H,13H2,1-2H3. The van der Waals surface area contributed by atoms with E-state index in [2.05, 4.69) is 9.97 Å². The van der Waals surface area contributed by atoms with Crippen LogP contribution in [0.2, 0.25) is 10.0 Å². The van der Waals surface area contributed by atoms with Crippen LogP contribution in [0.15, 0.2) is 67.1 Å². The van der Waals surface area contributed by atoms with E-state index < -0.39 is 0 Å². The first kappa shape index (κ1) is 22.7. The molecule has 6 nitrogen and oxygen atoms in total. The van der Waals surface area contributed by atoms with Crippen LogP contribution >= 0.6 is 23.2 Å². The molecule has 0 bridgehead atoms. The van der Waals surface area contributed by atoms with Crippen molar-refractivity contribution in [3.63, 3.8) is 0 Å². The van der Waals surface area contributed by atoms with Crippen LogP contribution < -0.4 is 14.2 Å². The number of aromatic hydroxyl groups is 1. The predicted octanol–water partition coefficient (Wildman–Crippen LogP) is 6.42. The van der Waals surface area contributed by atoms with E-state index in [1.54, 1.807) is 50.7 Å². The number of ether oxygens (including phenoxy) is 3. The van der Waals surface area contributed by atoms with E-state index in [1.807, 2.05) is 24.3 Å². The maximum Gasteiger partial charge on any atom is 0.161 e. The zero-order valence-corrected chi connectivity index (χ0v) is 19.4. The van der Waals surface area contributed by atoms with Crippen molar-refractivity contribution in [2.45, 2.75) is 6.61 Å². The van der Waals surface area contributed by atoms with Crippen LogP contribution in [-0.2, 0) is 6.61 Å². The minimum absolute atomic E-state index is 0.0297. The minimum atomic E-state index is 0.0297. The van der Waals surface area contributed by atoms with Gasteiger partial charge in [0.15, 0.2) is 11.5 Å². The molecule has 33 heavy (non-hydrogen) atoms. The molecule has 0 radical (unpaired) electrons. The third-order valence-electron chi connectivity index (χ3n) is 5.02. The Bertz CT molecular complexity index is 1300. The van der Waals surface area contributed by atoms with Gasteiger partial charge >= 0.3 is 0 Å². The molecule has 8 heteroatoms. The van der Waals surface area contributed by atoms with E-state index in [0.29, 0.717) is 38.6 Å². The summed E-state index contributed by atoms with van der Waals surface area (Å²) in [4.78, 5) is 8.57. The molecule has 0 spiro atoms. The summed E-state index contributed by atoms with van der Waals surface area (Å²) >= 11 is 12.0. The number of phenols is 1. The van der Waals surface area contributed by atoms with E-state index >= 15 is 0 Å². The Kier molecular flexibility index (Phi) is 6.87. The summed E-state index contributed by atoms with van der Waals surface area (Å²) in [5.41, 5.74) is 3.54. The summed E-state index contributed by atoms with van der Waals surface area (Å²) in [5, 5.41) is 11.7. The van der Waals surface area contributed by atoms with Crippen molar-refractivity contribution >= 4 is 23.2 Å². The largest absolute Gasteiger partial charge is 0.507 e. The molecule has 1 heterocycles. The van der Waals surface area contributed by atoms with E-state index in [0.717, 1.165) is 16.7 Å². The number of phenolic OH excluding ortho intramolecular Hbond substituents is 1. The van der Waals surface area contributed by atoms with Gasteiger partial charge in [0.05, 0.1) is 30.0 Å². The summed E-state index contributed by atoms with van der Waals surface area (Å²) in [6.45, 7) is 0.278. The maximum atomic E-state index is 10.8. The monoisotopic (exact) mass is 482 g/mol. The Labute approximate surface area is 201 Å². The highest BCUT2D eigenvalue weighted by Crippen LogP contribution is 2.39. The van der Waals surface area contributed by atoms with Crippen LogP contribution in [0.25, 0.3) is 22.4 Å². The SMILES string of the molecule is COc1ccc(-c2cncnc2-c2ccc(OCc3ccc(Cl)c(Cl)c3)cc2O)cc1OC. The van der Waals surface area contributed by atoms with E-state index in [9.17, 15) is 5.11 Å². The van der Waals surface area contributed by atoms with Crippen molar-refractivity contribution in [2.75, 3.05) is 14.2 Å². The number of rotatable bonds is 7. The maximum absolute atomic E-state index is 10.8. The summed E-state index contributed by atoms with van der Waals surface area (Å²) in [6, 6.07) is 15.9. The van der Waals surface area contributed by atoms with Crippen LogP contribution in [0, 0.1) is 0 Å². The summed E-state index contributed by atoms with van der Waals surface area (Å²) < 4.78 is 16.5. The van der Waals surface area contributed by atoms with Crippen LogP contribution in [0.4, 0.5) is 0 Å². The highest BCUT2D eigenvalue weighted by molar-refractivity contribution is 6.42. The summed E-state index contributed by atoms with van der Waals surface area (Å²) in [5.74, 6) is 1.73. The number of hydrogen-bond donors (Lipinski definition) is 1. The number of nitrogens with zero attached hydrogens (tertiary/aromatic N) is 2. The molecule has 3 aromatic carbocycles. The van der Waals surface area contributed by atoms with Crippen molar-refractivity contribution in [2.24, 2.45) is 0 Å². The molecule has 1 aromatic heterocycles. The molecule has 4 aromatic rings. The number of benzene rings is 3. The quantitative estimate of drug-likeness (QED) is 0.327. The molecule has 0 aliphatic heterocycles. The molecule has 1 N–H and O–H groups in total. The fourth-order valence-electron chi connectivity index (χ4n) is 3.36. The first-order chi connectivity index (χ1) is 16.0. The van der Waals surface area contributed by atoms with Gasteiger partial charge in [0.1, 0.15) is 24.4 Å². The highest BCUT2D eigenvalue weighted by atomic mass is 35.5. The van der Waals surface area contributed by atoms with Crippen molar-refractivity contribution in [3.8, 4) is 45.4 Å². The van der Waals surface area contributed by atoms with Gasteiger partial charge in [0.25, 0.3) is 0 Å². The summed E-state index contributed by atoms with van der Waals surface area (Å²) in [6.07, 6.45) is 3.13. The molecule has 0 amide bonds. The Morgan fingerprint density at radius 3 is 2.39 bits per heavy atom. The van der Waals surface area contributed by atoms with Gasteiger partial charge in [0, 0.05) is 23.4 Å². The molecular weight excluding hydrogens is 463 g/mol. The Hall–Kier alpha value is -3.48. The predicted molar refractivity (Wildman–Crippen MR) is 128 cm³/mol. The van der Waals surface area contributed by atoms with Gasteiger partial charge < -0.3 is 19.3 Å². The summed E-state index contributed by atoms with van der Waals surface area (Å²) in [7, 11) is 3.16. The molecule has 0 saturated carbocycles. The van der Waals surface area contributed by atoms with Crippen LogP contribution in [0.3, 0.4) is 0 Å². The van der Waals surface area contributed by atoms with Gasteiger partial charge in [-0.05, 0) is 47.5 Å². The first-order valence-electron chi connectivity index (χ1n) is 9.92. The topological polar surface area (TPSA) is 73.7 Å². The number of hydrogen-bond acceptors (Lipinski definition) is 6. The van der Waals surface area contributed by atoms with Gasteiger partial charge in [-0.25, -0.2) is 9.97 Å². The van der Waals surface area contributed by atoms with Crippen molar-refractivity contribution in [3.05, 3.63) is 82.7 Å². The molecule has 0 aliphatic rings. The second kappa shape index (κ2) is 9.98. The van der Waals surface area contributed by atoms with Crippen LogP contribution in [0.1, 0.15) is 5.56 Å². The van der Waals surface area contributed by atoms with Crippen LogP contribution in [-0.4, -0.2) is 29.3 Å². The average Bonchev–Trinajstić information content (AvgIpc) is 2.84. The Balaban J connectivity index is 1.62. The fraction of sp³-hybridized carbons (Fsp3) is 0.120. The number of methoxy groups -OCH3 is 2. The van der Waals surface area contributed by atoms with Crippen molar-refractivity contribution in [1.29, 1.82) is 0 Å². The zero-order chi connectivity index (χ0) is 23.4. The third-order valence-corrected chi connectivity index (χ3v) is 5.76. The highest BCUT2D eigenvalue weighted by Gasteiger charge is 2.16. The van der Waals surface area contributed by atoms with E-state index in [4.69, 9.17) is 37.4 Å². The Morgan fingerprint density at radius 2 is 1.67 bits per heavy atom. The molecule has 4 rings (SSSR count). The molecular formula is C25H20Cl2N2O4. The normalized spacial score (nSPS) is 10.7. The lowest BCUT2D eigenvalue weighted by Crippen LogP contribution is -1.97. The smallest absolute Gasteiger partial charge is 0.161 e. The zero-order valence-electron chi connectivity index (χ0n) is 17.9. The minimum Gasteiger partial charge on any atom is -0.507 e. The third kappa shape index (κ3) is 4.97. The Morgan fingerprint density at radius 1 is 0.848 bits per heavy atom. The van der Waals surface area contributed by atoms with E-state index in [1.165, 1.54) is 6.33 Å². The fourth-order valence-corrected chi connectivity index (χ4v) is 3.68. The first-order valence-corrected chi connectivity index (χ1v) is 10.7. The molecule has 0 aliphatic carbocycles. The molecule has 0 fully saturated rings. The van der Waals surface area contributed by atoms with E-state index in [-0.39, 0.29) is 12.4 Å². The van der Waals surface area contributed by atoms with Gasteiger partial charge in [0.2, 0.25) is 0 Å². The van der Waals surface area contributed by atoms with Crippen molar-refractivity contribution in [1.82, 2.24) is 9.97 Å². The molecule has 0 atom stereocenters. The lowest BCUT2D eigenvalue weighted by Gasteiger charge is -2.14. The van der Waals surface area contributed by atoms with Gasteiger partial charge in [-0.2, -0.15) is 0 Å². The molecule has 168 valence electrons. The second-order valence-corrected chi connectivity index (χ2v) is 7.89. The van der Waals surface area contributed by atoms with Crippen molar-refractivity contribution < 1.29 is 19.3 Å². The van der Waals surface area contributed by atoms with Gasteiger partial charge in [-0.3, -0.25) is 0 Å². The molecule has 0 unspecified atom stereocenters. The van der Waals surface area contributed by atoms with Gasteiger partial charge in [-0.1, -0.05) is 35.3 Å². The second-order valence-electron chi connectivity index (χ2n) is 7.07. The van der Waals surface area contributed by atoms with Crippen LogP contribution in [0.5, 0.6) is 23.0 Å². The lowest BCUT2D eigenvalue weighted by molar-refractivity contribution is 0.304. The average molecular weight is 483 g/mol.